The smallest absolute Gasteiger partial charge is 0.142 e. The summed E-state index contributed by atoms with van der Waals surface area (Å²) in [7, 11) is 1.39. The van der Waals surface area contributed by atoms with E-state index in [1.54, 1.807) is 18.6 Å². The molecule has 4 aromatic rings. The normalized spacial score (nSPS) is 21.1. The molecule has 8 heteroatoms. The van der Waals surface area contributed by atoms with E-state index >= 15 is 0 Å². The molecule has 178 valence electrons. The van der Waals surface area contributed by atoms with Crippen molar-refractivity contribution >= 4 is 22.6 Å². The van der Waals surface area contributed by atoms with E-state index in [1.807, 2.05) is 17.7 Å². The van der Waals surface area contributed by atoms with Gasteiger partial charge in [-0.2, -0.15) is 5.10 Å². The topological polar surface area (TPSA) is 76.0 Å². The number of pyridine rings is 1. The molecule has 2 N–H and O–H groups in total. The number of aliphatic hydroxyl groups is 1. The van der Waals surface area contributed by atoms with E-state index in [-0.39, 0.29) is 28.5 Å². The Bertz CT molecular complexity index is 1440. The highest BCUT2D eigenvalue weighted by Gasteiger charge is 2.25. The lowest BCUT2D eigenvalue weighted by molar-refractivity contribution is 0.107. The zero-order valence-electron chi connectivity index (χ0n) is 22.0. The molecule has 6 nitrogen and oxygen atoms in total. The maximum atomic E-state index is 14.5. The van der Waals surface area contributed by atoms with E-state index in [0.717, 1.165) is 48.6 Å². The number of hydrogen-bond donors (Lipinski definition) is 2. The largest absolute Gasteiger partial charge is 0.496 e. The van der Waals surface area contributed by atoms with Gasteiger partial charge >= 0.3 is 0 Å². The van der Waals surface area contributed by atoms with Gasteiger partial charge in [-0.15, -0.1) is 0 Å². The zero-order chi connectivity index (χ0) is 26.5. The SMILES string of the molecule is [2H]C([2H])([2H])[C@H](c1c(OC)ccc(F)c1Cl)c1c[nH]c2ncc(-c3cnn(C4CCC(O)CC4)c3C)cc12. The number of aromatic nitrogens is 4. The first-order valence-corrected chi connectivity index (χ1v) is 11.7. The van der Waals surface area contributed by atoms with E-state index in [2.05, 4.69) is 15.1 Å². The van der Waals surface area contributed by atoms with E-state index in [0.29, 0.717) is 16.6 Å². The Kier molecular flexibility index (Phi) is 5.16. The van der Waals surface area contributed by atoms with Gasteiger partial charge in [-0.3, -0.25) is 4.68 Å². The summed E-state index contributed by atoms with van der Waals surface area (Å²) in [4.78, 5) is 7.60. The van der Waals surface area contributed by atoms with Crippen LogP contribution in [0.1, 0.15) is 65.4 Å². The maximum absolute atomic E-state index is 14.5. The summed E-state index contributed by atoms with van der Waals surface area (Å²) in [5.74, 6) is -1.78. The van der Waals surface area contributed by atoms with Crippen molar-refractivity contribution < 1.29 is 18.3 Å². The number of rotatable bonds is 5. The predicted molar refractivity (Wildman–Crippen MR) is 131 cm³/mol. The monoisotopic (exact) mass is 485 g/mol. The Morgan fingerprint density at radius 1 is 1.29 bits per heavy atom. The third-order valence-corrected chi connectivity index (χ3v) is 7.23. The molecule has 1 aliphatic carbocycles. The van der Waals surface area contributed by atoms with E-state index in [9.17, 15) is 9.50 Å². The number of halogens is 2. The number of aliphatic hydroxyl groups excluding tert-OH is 1. The fourth-order valence-electron chi connectivity index (χ4n) is 4.94. The molecular formula is C26H28ClFN4O2. The van der Waals surface area contributed by atoms with Crippen molar-refractivity contribution in [2.75, 3.05) is 7.11 Å². The van der Waals surface area contributed by atoms with E-state index < -0.39 is 18.6 Å². The molecule has 1 atom stereocenters. The lowest BCUT2D eigenvalue weighted by atomic mass is 9.91. The summed E-state index contributed by atoms with van der Waals surface area (Å²) in [6.45, 7) is -0.555. The second kappa shape index (κ2) is 9.04. The van der Waals surface area contributed by atoms with Gasteiger partial charge in [0.05, 0.1) is 30.5 Å². The summed E-state index contributed by atoms with van der Waals surface area (Å²) in [5, 5.41) is 14.8. The van der Waals surface area contributed by atoms with Crippen LogP contribution >= 0.6 is 11.6 Å². The van der Waals surface area contributed by atoms with Gasteiger partial charge in [0.25, 0.3) is 0 Å². The second-order valence-corrected chi connectivity index (χ2v) is 9.20. The zero-order valence-corrected chi connectivity index (χ0v) is 19.7. The van der Waals surface area contributed by atoms with Gasteiger partial charge in [-0.1, -0.05) is 18.5 Å². The first-order chi connectivity index (χ1) is 17.6. The summed E-state index contributed by atoms with van der Waals surface area (Å²) < 4.78 is 46.9. The highest BCUT2D eigenvalue weighted by Crippen LogP contribution is 2.41. The first-order valence-electron chi connectivity index (χ1n) is 12.8. The molecule has 1 saturated carbocycles. The summed E-state index contributed by atoms with van der Waals surface area (Å²) >= 11 is 6.32. The van der Waals surface area contributed by atoms with Gasteiger partial charge in [0.15, 0.2) is 0 Å². The van der Waals surface area contributed by atoms with Gasteiger partial charge in [0, 0.05) is 50.2 Å². The number of benzene rings is 1. The van der Waals surface area contributed by atoms with Crippen LogP contribution < -0.4 is 4.74 Å². The van der Waals surface area contributed by atoms with Crippen molar-refractivity contribution in [3.63, 3.8) is 0 Å². The van der Waals surface area contributed by atoms with Gasteiger partial charge in [-0.05, 0) is 56.4 Å². The number of ether oxygens (including phenoxy) is 1. The number of fused-ring (bicyclic) bond motifs is 1. The average Bonchev–Trinajstić information content (AvgIpc) is 3.45. The van der Waals surface area contributed by atoms with Crippen molar-refractivity contribution in [2.24, 2.45) is 0 Å². The second-order valence-electron chi connectivity index (χ2n) is 8.83. The Morgan fingerprint density at radius 3 is 2.82 bits per heavy atom. The molecule has 1 aromatic carbocycles. The molecule has 0 bridgehead atoms. The molecular weight excluding hydrogens is 455 g/mol. The van der Waals surface area contributed by atoms with Crippen molar-refractivity contribution in [2.45, 2.75) is 57.5 Å². The van der Waals surface area contributed by atoms with Crippen molar-refractivity contribution in [3.05, 3.63) is 64.5 Å². The number of hydrogen-bond acceptors (Lipinski definition) is 4. The number of nitrogens with one attached hydrogen (secondary N) is 1. The van der Waals surface area contributed by atoms with Crippen molar-refractivity contribution in [1.29, 1.82) is 0 Å². The van der Waals surface area contributed by atoms with Crippen LogP contribution in [0, 0.1) is 12.7 Å². The predicted octanol–water partition coefficient (Wildman–Crippen LogP) is 6.16. The molecule has 1 aliphatic rings. The lowest BCUT2D eigenvalue weighted by Crippen LogP contribution is -2.22. The number of aromatic amines is 1. The fraction of sp³-hybridized carbons (Fsp3) is 0.385. The summed E-state index contributed by atoms with van der Waals surface area (Å²) in [6.07, 6.45) is 8.08. The Hall–Kier alpha value is -2.90. The molecule has 0 aliphatic heterocycles. The van der Waals surface area contributed by atoms with Crippen LogP contribution in [0.4, 0.5) is 4.39 Å². The minimum atomic E-state index is -2.55. The van der Waals surface area contributed by atoms with Crippen LogP contribution in [-0.4, -0.2) is 38.1 Å². The van der Waals surface area contributed by atoms with E-state index in [1.165, 1.54) is 13.2 Å². The number of methoxy groups -OCH3 is 1. The Balaban J connectivity index is 1.62. The van der Waals surface area contributed by atoms with Crippen LogP contribution in [0.3, 0.4) is 0 Å². The van der Waals surface area contributed by atoms with Crippen LogP contribution in [0.25, 0.3) is 22.2 Å². The van der Waals surface area contributed by atoms with Gasteiger partial charge in [0.1, 0.15) is 17.2 Å². The molecule has 0 amide bonds. The fourth-order valence-corrected chi connectivity index (χ4v) is 5.20. The lowest BCUT2D eigenvalue weighted by Gasteiger charge is -2.26. The first kappa shape index (κ1) is 19.4. The molecule has 3 aromatic heterocycles. The molecule has 1 fully saturated rings. The Morgan fingerprint density at radius 2 is 2.09 bits per heavy atom. The molecule has 0 unspecified atom stereocenters. The van der Waals surface area contributed by atoms with Gasteiger partial charge in [0.2, 0.25) is 0 Å². The Labute approximate surface area is 206 Å². The van der Waals surface area contributed by atoms with Crippen LogP contribution in [0.15, 0.2) is 36.8 Å². The summed E-state index contributed by atoms with van der Waals surface area (Å²) in [6, 6.07) is 4.64. The minimum absolute atomic E-state index is 0.0685. The average molecular weight is 486 g/mol. The van der Waals surface area contributed by atoms with Crippen LogP contribution in [0.5, 0.6) is 5.75 Å². The standard InChI is InChI=1S/C26H28ClFN4O2/c1-14(24-23(34-3)9-8-22(28)25(24)27)20-12-30-26-19(20)10-16(11-29-26)21-13-31-32(15(21)2)17-4-6-18(33)7-5-17/h8-14,17-18,33H,4-7H2,1-3H3,(H,29,30)/t14-,17?,18?/m0/s1/i1D3. The van der Waals surface area contributed by atoms with Gasteiger partial charge < -0.3 is 14.8 Å². The molecule has 3 heterocycles. The van der Waals surface area contributed by atoms with E-state index in [4.69, 9.17) is 20.5 Å². The highest BCUT2D eigenvalue weighted by atomic mass is 35.5. The summed E-state index contributed by atoms with van der Waals surface area (Å²) in [5.41, 5.74) is 3.64. The third kappa shape index (κ3) is 3.87. The molecule has 0 saturated heterocycles. The minimum Gasteiger partial charge on any atom is -0.496 e. The molecule has 0 radical (unpaired) electrons. The quantitative estimate of drug-likeness (QED) is 0.354. The third-order valence-electron chi connectivity index (χ3n) is 6.84. The van der Waals surface area contributed by atoms with Crippen molar-refractivity contribution in [3.8, 4) is 16.9 Å². The highest BCUT2D eigenvalue weighted by molar-refractivity contribution is 6.31. The number of H-pyrrole nitrogens is 1. The van der Waals surface area contributed by atoms with Crippen LogP contribution in [-0.2, 0) is 0 Å². The number of nitrogens with zero attached hydrogens (tertiary/aromatic N) is 3. The van der Waals surface area contributed by atoms with Gasteiger partial charge in [-0.25, -0.2) is 9.37 Å². The van der Waals surface area contributed by atoms with Crippen molar-refractivity contribution in [1.82, 2.24) is 19.7 Å². The molecule has 5 rings (SSSR count). The maximum Gasteiger partial charge on any atom is 0.142 e. The molecule has 0 spiro atoms. The van der Waals surface area contributed by atoms with Crippen LogP contribution in [0.2, 0.25) is 5.02 Å². The molecule has 34 heavy (non-hydrogen) atoms.